The van der Waals surface area contributed by atoms with E-state index < -0.39 is 17.2 Å². The normalized spacial score (nSPS) is 15.2. The van der Waals surface area contributed by atoms with Crippen molar-refractivity contribution in [2.24, 2.45) is 0 Å². The predicted octanol–water partition coefficient (Wildman–Crippen LogP) is 4.88. The second-order valence-corrected chi connectivity index (χ2v) is 7.19. The van der Waals surface area contributed by atoms with Crippen molar-refractivity contribution in [3.8, 4) is 0 Å². The van der Waals surface area contributed by atoms with Crippen LogP contribution in [0.15, 0.2) is 48.5 Å². The summed E-state index contributed by atoms with van der Waals surface area (Å²) < 4.78 is 39.0. The Morgan fingerprint density at radius 3 is 2.43 bits per heavy atom. The minimum absolute atomic E-state index is 0. The van der Waals surface area contributed by atoms with Crippen molar-refractivity contribution in [2.75, 3.05) is 12.3 Å². The number of benzene rings is 2. The van der Waals surface area contributed by atoms with E-state index in [0.29, 0.717) is 30.6 Å². The van der Waals surface area contributed by atoms with Gasteiger partial charge in [0.15, 0.2) is 0 Å². The standard InChI is InChI=1S/C21H23F3N2O.ClH/c22-21(23,24)17-7-3-6-16(13-17)20(11-4-12-20)14-26-19(27)10-9-15-5-1-2-8-18(15)25;/h1-3,5-8,13H,4,9-12,14,25H2,(H,26,27);1H. The lowest BCUT2D eigenvalue weighted by Gasteiger charge is -2.43. The van der Waals surface area contributed by atoms with Crippen molar-refractivity contribution in [3.05, 3.63) is 65.2 Å². The minimum Gasteiger partial charge on any atom is -0.399 e. The number of anilines is 1. The number of aryl methyl sites for hydroxylation is 1. The number of carbonyl (C=O) groups excluding carboxylic acids is 1. The molecule has 28 heavy (non-hydrogen) atoms. The molecule has 0 aliphatic heterocycles. The number of halogens is 4. The topological polar surface area (TPSA) is 55.1 Å². The largest absolute Gasteiger partial charge is 0.416 e. The van der Waals surface area contributed by atoms with Gasteiger partial charge in [-0.2, -0.15) is 13.2 Å². The van der Waals surface area contributed by atoms with E-state index >= 15 is 0 Å². The first kappa shape index (κ1) is 22.1. The Hall–Kier alpha value is -2.21. The van der Waals surface area contributed by atoms with Crippen molar-refractivity contribution >= 4 is 24.0 Å². The number of para-hydroxylation sites is 1. The van der Waals surface area contributed by atoms with Crippen molar-refractivity contribution in [3.63, 3.8) is 0 Å². The molecule has 3 rings (SSSR count). The lowest BCUT2D eigenvalue weighted by atomic mass is 9.64. The Labute approximate surface area is 168 Å². The highest BCUT2D eigenvalue weighted by molar-refractivity contribution is 5.85. The van der Waals surface area contributed by atoms with Crippen LogP contribution in [0.2, 0.25) is 0 Å². The fraction of sp³-hybridized carbons (Fsp3) is 0.381. The Kier molecular flexibility index (Phi) is 6.99. The summed E-state index contributed by atoms with van der Waals surface area (Å²) in [5, 5.41) is 2.91. The molecule has 2 aromatic carbocycles. The van der Waals surface area contributed by atoms with Crippen molar-refractivity contribution in [2.45, 2.75) is 43.7 Å². The zero-order valence-corrected chi connectivity index (χ0v) is 16.2. The molecule has 1 fully saturated rings. The van der Waals surface area contributed by atoms with Gasteiger partial charge >= 0.3 is 6.18 Å². The van der Waals surface area contributed by atoms with Gasteiger partial charge in [-0.3, -0.25) is 4.79 Å². The number of hydrogen-bond acceptors (Lipinski definition) is 2. The molecule has 1 aliphatic rings. The Bertz CT molecular complexity index is 819. The third-order valence-corrected chi connectivity index (χ3v) is 5.41. The van der Waals surface area contributed by atoms with Crippen LogP contribution in [-0.4, -0.2) is 12.5 Å². The van der Waals surface area contributed by atoms with E-state index in [1.54, 1.807) is 12.1 Å². The van der Waals surface area contributed by atoms with Gasteiger partial charge in [0.1, 0.15) is 0 Å². The van der Waals surface area contributed by atoms with Crippen molar-refractivity contribution < 1.29 is 18.0 Å². The molecule has 0 heterocycles. The summed E-state index contributed by atoms with van der Waals surface area (Å²) in [6.45, 7) is 0.359. The molecule has 0 saturated heterocycles. The van der Waals surface area contributed by atoms with Gasteiger partial charge < -0.3 is 11.1 Å². The Morgan fingerprint density at radius 1 is 1.11 bits per heavy atom. The summed E-state index contributed by atoms with van der Waals surface area (Å²) in [7, 11) is 0. The predicted molar refractivity (Wildman–Crippen MR) is 106 cm³/mol. The van der Waals surface area contributed by atoms with E-state index in [4.69, 9.17) is 5.73 Å². The first-order valence-electron chi connectivity index (χ1n) is 9.08. The van der Waals surface area contributed by atoms with Gasteiger partial charge in [0.2, 0.25) is 5.91 Å². The maximum absolute atomic E-state index is 13.0. The number of nitrogens with one attached hydrogen (secondary N) is 1. The van der Waals surface area contributed by atoms with Gasteiger partial charge in [-0.1, -0.05) is 42.8 Å². The van der Waals surface area contributed by atoms with Crippen LogP contribution in [0, 0.1) is 0 Å². The molecule has 0 radical (unpaired) electrons. The number of nitrogen functional groups attached to an aromatic ring is 1. The second kappa shape index (κ2) is 8.86. The average molecular weight is 413 g/mol. The molecule has 3 N–H and O–H groups in total. The molecule has 1 amide bonds. The number of rotatable bonds is 6. The van der Waals surface area contributed by atoms with E-state index in [1.165, 1.54) is 12.1 Å². The molecule has 0 unspecified atom stereocenters. The molecular formula is C21H24ClF3N2O. The van der Waals surface area contributed by atoms with Gasteiger partial charge in [-0.25, -0.2) is 0 Å². The summed E-state index contributed by atoms with van der Waals surface area (Å²) in [5.41, 5.74) is 7.07. The molecule has 2 aromatic rings. The maximum Gasteiger partial charge on any atom is 0.416 e. The fourth-order valence-corrected chi connectivity index (χ4v) is 3.56. The van der Waals surface area contributed by atoms with Crippen LogP contribution in [0.4, 0.5) is 18.9 Å². The molecule has 1 saturated carbocycles. The zero-order chi connectivity index (χ0) is 19.5. The van der Waals surface area contributed by atoms with E-state index in [2.05, 4.69) is 5.32 Å². The third kappa shape index (κ3) is 4.98. The Morgan fingerprint density at radius 2 is 1.82 bits per heavy atom. The van der Waals surface area contributed by atoms with E-state index in [9.17, 15) is 18.0 Å². The van der Waals surface area contributed by atoms with Crippen LogP contribution in [0.1, 0.15) is 42.4 Å². The zero-order valence-electron chi connectivity index (χ0n) is 15.4. The number of alkyl halides is 3. The highest BCUT2D eigenvalue weighted by Gasteiger charge is 2.40. The van der Waals surface area contributed by atoms with Crippen LogP contribution in [0.5, 0.6) is 0 Å². The molecule has 1 aliphatic carbocycles. The molecule has 0 atom stereocenters. The van der Waals surface area contributed by atoms with Gasteiger partial charge in [0.25, 0.3) is 0 Å². The quantitative estimate of drug-likeness (QED) is 0.664. The number of carbonyl (C=O) groups is 1. The monoisotopic (exact) mass is 412 g/mol. The Balaban J connectivity index is 0.00000280. The van der Waals surface area contributed by atoms with Crippen LogP contribution in [0.25, 0.3) is 0 Å². The van der Waals surface area contributed by atoms with Gasteiger partial charge in [-0.15, -0.1) is 12.4 Å². The molecule has 7 heteroatoms. The first-order chi connectivity index (χ1) is 12.8. The first-order valence-corrected chi connectivity index (χ1v) is 9.08. The lowest BCUT2D eigenvalue weighted by Crippen LogP contribution is -2.45. The highest BCUT2D eigenvalue weighted by atomic mass is 35.5. The smallest absolute Gasteiger partial charge is 0.399 e. The number of amides is 1. The van der Waals surface area contributed by atoms with Crippen LogP contribution in [0.3, 0.4) is 0 Å². The summed E-state index contributed by atoms with van der Waals surface area (Å²) >= 11 is 0. The fourth-order valence-electron chi connectivity index (χ4n) is 3.56. The summed E-state index contributed by atoms with van der Waals surface area (Å²) in [6.07, 6.45) is -1.02. The molecule has 0 aromatic heterocycles. The van der Waals surface area contributed by atoms with Gasteiger partial charge in [0.05, 0.1) is 5.56 Å². The van der Waals surface area contributed by atoms with Crippen molar-refractivity contribution in [1.82, 2.24) is 5.32 Å². The lowest BCUT2D eigenvalue weighted by molar-refractivity contribution is -0.137. The summed E-state index contributed by atoms with van der Waals surface area (Å²) in [4.78, 5) is 12.2. The number of hydrogen-bond donors (Lipinski definition) is 2. The van der Waals surface area contributed by atoms with Crippen LogP contribution in [-0.2, 0) is 22.8 Å². The summed E-state index contributed by atoms with van der Waals surface area (Å²) in [6, 6.07) is 12.9. The van der Waals surface area contributed by atoms with E-state index in [0.717, 1.165) is 30.9 Å². The maximum atomic E-state index is 13.0. The highest BCUT2D eigenvalue weighted by Crippen LogP contribution is 2.44. The summed E-state index contributed by atoms with van der Waals surface area (Å²) in [5.74, 6) is -0.114. The van der Waals surface area contributed by atoms with Crippen LogP contribution < -0.4 is 11.1 Å². The molecule has 0 bridgehead atoms. The van der Waals surface area contributed by atoms with E-state index in [-0.39, 0.29) is 18.3 Å². The molecule has 3 nitrogen and oxygen atoms in total. The molecule has 0 spiro atoms. The van der Waals surface area contributed by atoms with Crippen LogP contribution >= 0.6 is 12.4 Å². The minimum atomic E-state index is -4.36. The molecule has 152 valence electrons. The van der Waals surface area contributed by atoms with Gasteiger partial charge in [-0.05, 0) is 42.5 Å². The average Bonchev–Trinajstić information content (AvgIpc) is 2.60. The number of nitrogens with two attached hydrogens (primary N) is 1. The van der Waals surface area contributed by atoms with E-state index in [1.807, 2.05) is 18.2 Å². The van der Waals surface area contributed by atoms with Gasteiger partial charge in [0, 0.05) is 24.1 Å². The SMILES string of the molecule is Cl.Nc1ccccc1CCC(=O)NCC1(c2cccc(C(F)(F)F)c2)CCC1. The third-order valence-electron chi connectivity index (χ3n) is 5.41. The second-order valence-electron chi connectivity index (χ2n) is 7.19. The van der Waals surface area contributed by atoms with Crippen molar-refractivity contribution in [1.29, 1.82) is 0 Å². The molecular weight excluding hydrogens is 389 g/mol.